The molecule has 1 aromatic carbocycles. The van der Waals surface area contributed by atoms with Crippen molar-refractivity contribution in [2.45, 2.75) is 74.4 Å². The monoisotopic (exact) mass is 543 g/mol. The number of nitrogens with zero attached hydrogens (tertiary/aromatic N) is 3. The summed E-state index contributed by atoms with van der Waals surface area (Å²) in [7, 11) is -2.90. The highest BCUT2D eigenvalue weighted by Crippen LogP contribution is 2.54. The van der Waals surface area contributed by atoms with Crippen molar-refractivity contribution in [1.82, 2.24) is 4.98 Å². The highest BCUT2D eigenvalue weighted by molar-refractivity contribution is 7.93. The zero-order chi connectivity index (χ0) is 26.7. The van der Waals surface area contributed by atoms with Crippen LogP contribution in [0.3, 0.4) is 0 Å². The molecule has 1 aromatic heterocycles. The zero-order valence-corrected chi connectivity index (χ0v) is 22.6. The molecule has 1 atom stereocenters. The molecular formula is C28H35F2N5O2S. The first-order valence-electron chi connectivity index (χ1n) is 13.6. The van der Waals surface area contributed by atoms with Gasteiger partial charge in [-0.15, -0.1) is 0 Å². The van der Waals surface area contributed by atoms with Crippen LogP contribution < -0.4 is 15.1 Å². The Hall–Kier alpha value is -2.75. The van der Waals surface area contributed by atoms with Gasteiger partial charge in [0.15, 0.2) is 0 Å². The lowest BCUT2D eigenvalue weighted by Gasteiger charge is -2.35. The number of carbonyl (C=O) groups is 1. The van der Waals surface area contributed by atoms with Gasteiger partial charge in [-0.2, -0.15) is 0 Å². The van der Waals surface area contributed by atoms with Gasteiger partial charge in [0.2, 0.25) is 0 Å². The molecule has 2 aromatic rings. The summed E-state index contributed by atoms with van der Waals surface area (Å²) in [5.74, 6) is -2.02. The van der Waals surface area contributed by atoms with Crippen molar-refractivity contribution in [3.05, 3.63) is 41.5 Å². The molecule has 6 rings (SSSR count). The highest BCUT2D eigenvalue weighted by atomic mass is 32.2. The number of aromatic nitrogens is 1. The molecular weight excluding hydrogens is 508 g/mol. The summed E-state index contributed by atoms with van der Waals surface area (Å²) < 4.78 is 49.1. The third kappa shape index (κ3) is 5.11. The van der Waals surface area contributed by atoms with Gasteiger partial charge in [0.25, 0.3) is 11.8 Å². The number of carbonyl (C=O) groups excluding carboxylic acids is 1. The number of anilines is 3. The largest absolute Gasteiger partial charge is 0.371 e. The van der Waals surface area contributed by atoms with Gasteiger partial charge in [-0.05, 0) is 86.8 Å². The summed E-state index contributed by atoms with van der Waals surface area (Å²) in [6, 6.07) is 8.79. The number of hydrogen-bond acceptors (Lipinski definition) is 6. The summed E-state index contributed by atoms with van der Waals surface area (Å²) in [6.07, 6.45) is 5.89. The topological polar surface area (TPSA) is 89.4 Å². The van der Waals surface area contributed by atoms with Gasteiger partial charge in [0.1, 0.15) is 11.6 Å². The number of piperidine rings is 2. The number of amides is 1. The molecule has 0 unspecified atom stereocenters. The molecule has 38 heavy (non-hydrogen) atoms. The van der Waals surface area contributed by atoms with Gasteiger partial charge in [0, 0.05) is 49.2 Å². The zero-order valence-electron chi connectivity index (χ0n) is 21.8. The predicted molar refractivity (Wildman–Crippen MR) is 145 cm³/mol. The number of aryl methyl sites for hydroxylation is 1. The molecule has 204 valence electrons. The fraction of sp³-hybridized carbons (Fsp3) is 0.571. The van der Waals surface area contributed by atoms with E-state index in [0.717, 1.165) is 50.0 Å². The molecule has 7 nitrogen and oxygen atoms in total. The fourth-order valence-corrected chi connectivity index (χ4v) is 7.51. The van der Waals surface area contributed by atoms with E-state index in [1.165, 1.54) is 12.8 Å². The smallest absolute Gasteiger partial charge is 0.258 e. The average Bonchev–Trinajstić information content (AvgIpc) is 3.80. The van der Waals surface area contributed by atoms with Crippen molar-refractivity contribution in [1.29, 1.82) is 4.78 Å². The minimum atomic E-state index is -2.90. The number of halogens is 2. The van der Waals surface area contributed by atoms with E-state index in [0.29, 0.717) is 27.5 Å². The molecule has 2 aliphatic carbocycles. The molecule has 4 aliphatic rings. The second-order valence-electron chi connectivity index (χ2n) is 11.7. The van der Waals surface area contributed by atoms with Gasteiger partial charge < -0.3 is 15.1 Å². The number of pyridine rings is 1. The first kappa shape index (κ1) is 25.5. The maximum absolute atomic E-state index is 13.7. The van der Waals surface area contributed by atoms with Crippen LogP contribution in [-0.4, -0.2) is 52.5 Å². The minimum absolute atomic E-state index is 0.101. The Morgan fingerprint density at radius 3 is 2.29 bits per heavy atom. The standard InChI is InChI=1S/C28H35F2N5O2S/c1-19-16-24(32-25(17-19)35-14-10-28(29,30)11-15-35)33-26(36)22-5-4-21(38(31,37)20-2-3-20)18-23(22)34-12-8-27(6-7-27)9-13-34/h4-5,16-18,20,31H,2-3,6-15H2,1H3,(H,32,33,36)/t38-/m1/s1. The SMILES string of the molecule is Cc1cc(NC(=O)c2ccc([S@](=N)(=O)C3CC3)cc2N2CCC3(CC2)CC3)nc(N2CCC(F)(F)CC2)c1. The molecule has 2 N–H and O–H groups in total. The Morgan fingerprint density at radius 1 is 1.00 bits per heavy atom. The third-order valence-corrected chi connectivity index (χ3v) is 11.1. The Labute approximate surface area is 223 Å². The Balaban J connectivity index is 1.27. The van der Waals surface area contributed by atoms with E-state index in [1.54, 1.807) is 24.3 Å². The number of benzene rings is 1. The van der Waals surface area contributed by atoms with E-state index in [2.05, 4.69) is 15.2 Å². The maximum Gasteiger partial charge on any atom is 0.258 e. The van der Waals surface area contributed by atoms with Crippen LogP contribution in [0.15, 0.2) is 35.2 Å². The second-order valence-corrected chi connectivity index (χ2v) is 14.0. The predicted octanol–water partition coefficient (Wildman–Crippen LogP) is 5.83. The van der Waals surface area contributed by atoms with E-state index in [4.69, 9.17) is 4.78 Å². The molecule has 10 heteroatoms. The quantitative estimate of drug-likeness (QED) is 0.479. The normalized spacial score (nSPS) is 23.7. The first-order chi connectivity index (χ1) is 18.0. The van der Waals surface area contributed by atoms with Gasteiger partial charge in [-0.1, -0.05) is 0 Å². The lowest BCUT2D eigenvalue weighted by molar-refractivity contribution is -0.0221. The van der Waals surface area contributed by atoms with E-state index in [9.17, 15) is 17.8 Å². The van der Waals surface area contributed by atoms with Gasteiger partial charge >= 0.3 is 0 Å². The van der Waals surface area contributed by atoms with E-state index >= 15 is 0 Å². The second kappa shape index (κ2) is 9.17. The number of nitrogens with one attached hydrogen (secondary N) is 2. The summed E-state index contributed by atoms with van der Waals surface area (Å²) in [4.78, 5) is 22.7. The summed E-state index contributed by atoms with van der Waals surface area (Å²) in [5, 5.41) is 2.83. The Kier molecular flexibility index (Phi) is 6.16. The van der Waals surface area contributed by atoms with Gasteiger partial charge in [-0.3, -0.25) is 4.79 Å². The van der Waals surface area contributed by atoms with Crippen LogP contribution >= 0.6 is 0 Å². The highest BCUT2D eigenvalue weighted by Gasteiger charge is 2.45. The Morgan fingerprint density at radius 2 is 1.66 bits per heavy atom. The van der Waals surface area contributed by atoms with Gasteiger partial charge in [-0.25, -0.2) is 22.8 Å². The molecule has 2 aliphatic heterocycles. The molecule has 4 fully saturated rings. The summed E-state index contributed by atoms with van der Waals surface area (Å²) in [6.45, 7) is 3.99. The lowest BCUT2D eigenvalue weighted by atomic mass is 9.93. The van der Waals surface area contributed by atoms with Crippen molar-refractivity contribution in [3.8, 4) is 0 Å². The molecule has 0 radical (unpaired) electrons. The van der Waals surface area contributed by atoms with E-state index in [1.807, 2.05) is 17.9 Å². The molecule has 2 saturated heterocycles. The lowest BCUT2D eigenvalue weighted by Crippen LogP contribution is -2.39. The number of rotatable bonds is 6. The van der Waals surface area contributed by atoms with Gasteiger partial charge in [0.05, 0.1) is 21.0 Å². The van der Waals surface area contributed by atoms with Crippen LogP contribution in [-0.2, 0) is 9.73 Å². The summed E-state index contributed by atoms with van der Waals surface area (Å²) >= 11 is 0. The van der Waals surface area contributed by atoms with Crippen molar-refractivity contribution in [2.75, 3.05) is 41.3 Å². The van der Waals surface area contributed by atoms with Crippen LogP contribution in [0, 0.1) is 17.1 Å². The van der Waals surface area contributed by atoms with Crippen LogP contribution in [0.2, 0.25) is 0 Å². The van der Waals surface area contributed by atoms with Crippen LogP contribution in [0.1, 0.15) is 67.3 Å². The third-order valence-electron chi connectivity index (χ3n) is 8.70. The van der Waals surface area contributed by atoms with Crippen LogP contribution in [0.25, 0.3) is 0 Å². The van der Waals surface area contributed by atoms with E-state index < -0.39 is 15.7 Å². The van der Waals surface area contributed by atoms with Crippen molar-refractivity contribution in [3.63, 3.8) is 0 Å². The van der Waals surface area contributed by atoms with Crippen LogP contribution in [0.5, 0.6) is 0 Å². The molecule has 3 heterocycles. The first-order valence-corrected chi connectivity index (χ1v) is 15.3. The molecule has 1 spiro atoms. The molecule has 1 amide bonds. The molecule has 2 saturated carbocycles. The Bertz CT molecular complexity index is 1350. The number of alkyl halides is 2. The van der Waals surface area contributed by atoms with Crippen LogP contribution in [0.4, 0.5) is 26.1 Å². The molecule has 0 bridgehead atoms. The number of hydrogen-bond donors (Lipinski definition) is 2. The van der Waals surface area contributed by atoms with Crippen molar-refractivity contribution >= 4 is 33.0 Å². The average molecular weight is 544 g/mol. The maximum atomic E-state index is 13.7. The van der Waals surface area contributed by atoms with Crippen molar-refractivity contribution in [2.24, 2.45) is 5.41 Å². The minimum Gasteiger partial charge on any atom is -0.371 e. The summed E-state index contributed by atoms with van der Waals surface area (Å²) in [5.41, 5.74) is 2.53. The van der Waals surface area contributed by atoms with Crippen molar-refractivity contribution < 1.29 is 17.8 Å². The van der Waals surface area contributed by atoms with E-state index in [-0.39, 0.29) is 37.1 Å². The fourth-order valence-electron chi connectivity index (χ4n) is 5.77.